The Morgan fingerprint density at radius 1 is 1.29 bits per heavy atom. The van der Waals surface area contributed by atoms with Crippen molar-refractivity contribution >= 4 is 11.3 Å². The minimum atomic E-state index is -0.228. The second-order valence-electron chi connectivity index (χ2n) is 4.19. The van der Waals surface area contributed by atoms with Crippen molar-refractivity contribution in [3.05, 3.63) is 40.7 Å². The van der Waals surface area contributed by atoms with E-state index in [1.807, 2.05) is 0 Å². The monoisotopic (exact) mass is 250 g/mol. The van der Waals surface area contributed by atoms with Crippen molar-refractivity contribution in [2.45, 2.75) is 26.3 Å². The van der Waals surface area contributed by atoms with Gasteiger partial charge in [0.25, 0.3) is 0 Å². The summed E-state index contributed by atoms with van der Waals surface area (Å²) < 4.78 is 12.8. The Morgan fingerprint density at radius 2 is 1.94 bits per heavy atom. The molecular formula is C13H15FN2S. The lowest BCUT2D eigenvalue weighted by molar-refractivity contribution is 0.628. The van der Waals surface area contributed by atoms with Crippen molar-refractivity contribution in [3.63, 3.8) is 0 Å². The Labute approximate surface area is 104 Å². The van der Waals surface area contributed by atoms with E-state index in [2.05, 4.69) is 18.8 Å². The maximum absolute atomic E-state index is 12.8. The maximum Gasteiger partial charge on any atom is 0.123 e. The number of benzene rings is 1. The summed E-state index contributed by atoms with van der Waals surface area (Å²) in [6.07, 6.45) is 0. The summed E-state index contributed by atoms with van der Waals surface area (Å²) in [5.74, 6) is 0.132. The van der Waals surface area contributed by atoms with Gasteiger partial charge in [-0.05, 0) is 30.2 Å². The molecule has 4 heteroatoms. The standard InChI is InChI=1S/C13H15FN2S/c1-8(2)12-11(7-15)17-13(16-12)9-3-5-10(14)6-4-9/h3-6,8H,7,15H2,1-2H3. The van der Waals surface area contributed by atoms with Crippen LogP contribution in [0.4, 0.5) is 4.39 Å². The van der Waals surface area contributed by atoms with Crippen molar-refractivity contribution in [1.29, 1.82) is 0 Å². The highest BCUT2D eigenvalue weighted by molar-refractivity contribution is 7.15. The molecule has 2 rings (SSSR count). The van der Waals surface area contributed by atoms with Crippen LogP contribution in [0.3, 0.4) is 0 Å². The number of thiazole rings is 1. The smallest absolute Gasteiger partial charge is 0.123 e. The molecule has 0 aliphatic carbocycles. The lowest BCUT2D eigenvalue weighted by Gasteiger charge is -2.01. The fourth-order valence-electron chi connectivity index (χ4n) is 1.68. The van der Waals surface area contributed by atoms with Crippen LogP contribution in [-0.4, -0.2) is 4.98 Å². The lowest BCUT2D eigenvalue weighted by atomic mass is 10.1. The molecule has 0 unspecified atom stereocenters. The average molecular weight is 250 g/mol. The quantitative estimate of drug-likeness (QED) is 0.905. The Bertz CT molecular complexity index is 503. The molecule has 0 saturated carbocycles. The van der Waals surface area contributed by atoms with E-state index >= 15 is 0 Å². The molecule has 0 saturated heterocycles. The van der Waals surface area contributed by atoms with Gasteiger partial charge in [0.05, 0.1) is 5.69 Å². The van der Waals surface area contributed by atoms with Gasteiger partial charge >= 0.3 is 0 Å². The first-order valence-electron chi connectivity index (χ1n) is 5.57. The topological polar surface area (TPSA) is 38.9 Å². The zero-order valence-corrected chi connectivity index (χ0v) is 10.7. The molecule has 0 atom stereocenters. The van der Waals surface area contributed by atoms with Gasteiger partial charge in [0, 0.05) is 17.0 Å². The molecule has 0 spiro atoms. The third-order valence-corrected chi connectivity index (χ3v) is 3.69. The van der Waals surface area contributed by atoms with Gasteiger partial charge in [-0.1, -0.05) is 13.8 Å². The van der Waals surface area contributed by atoms with Crippen LogP contribution < -0.4 is 5.73 Å². The third kappa shape index (κ3) is 2.53. The molecule has 2 nitrogen and oxygen atoms in total. The highest BCUT2D eigenvalue weighted by Crippen LogP contribution is 2.31. The second-order valence-corrected chi connectivity index (χ2v) is 5.28. The molecule has 90 valence electrons. The van der Waals surface area contributed by atoms with Crippen LogP contribution in [0.15, 0.2) is 24.3 Å². The first-order chi connectivity index (χ1) is 8.11. The summed E-state index contributed by atoms with van der Waals surface area (Å²) >= 11 is 1.59. The zero-order chi connectivity index (χ0) is 12.4. The number of hydrogen-bond acceptors (Lipinski definition) is 3. The minimum absolute atomic E-state index is 0.228. The molecule has 0 amide bonds. The average Bonchev–Trinajstić information content (AvgIpc) is 2.74. The highest BCUT2D eigenvalue weighted by Gasteiger charge is 2.13. The summed E-state index contributed by atoms with van der Waals surface area (Å²) in [6.45, 7) is 4.71. The molecule has 1 aromatic heterocycles. The molecule has 1 heterocycles. The molecule has 2 N–H and O–H groups in total. The number of aromatic nitrogens is 1. The number of nitrogens with two attached hydrogens (primary N) is 1. The first-order valence-corrected chi connectivity index (χ1v) is 6.39. The van der Waals surface area contributed by atoms with Crippen LogP contribution in [0.1, 0.15) is 30.3 Å². The van der Waals surface area contributed by atoms with E-state index in [0.29, 0.717) is 12.5 Å². The Morgan fingerprint density at radius 3 is 2.41 bits per heavy atom. The Balaban J connectivity index is 2.42. The van der Waals surface area contributed by atoms with E-state index in [0.717, 1.165) is 21.1 Å². The number of halogens is 1. The number of hydrogen-bond donors (Lipinski definition) is 1. The minimum Gasteiger partial charge on any atom is -0.326 e. The molecule has 0 aliphatic heterocycles. The van der Waals surface area contributed by atoms with Crippen molar-refractivity contribution in [2.75, 3.05) is 0 Å². The van der Waals surface area contributed by atoms with E-state index in [9.17, 15) is 4.39 Å². The van der Waals surface area contributed by atoms with Gasteiger partial charge in [-0.3, -0.25) is 0 Å². The summed E-state index contributed by atoms with van der Waals surface area (Å²) in [4.78, 5) is 5.71. The summed E-state index contributed by atoms with van der Waals surface area (Å²) in [5.41, 5.74) is 7.71. The van der Waals surface area contributed by atoms with E-state index in [-0.39, 0.29) is 5.82 Å². The van der Waals surface area contributed by atoms with Gasteiger partial charge in [0.2, 0.25) is 0 Å². The molecule has 1 aromatic carbocycles. The van der Waals surface area contributed by atoms with E-state index in [1.54, 1.807) is 23.5 Å². The van der Waals surface area contributed by atoms with Crippen LogP contribution >= 0.6 is 11.3 Å². The molecule has 0 fully saturated rings. The third-order valence-electron chi connectivity index (χ3n) is 2.55. The van der Waals surface area contributed by atoms with Crippen LogP contribution in [0.2, 0.25) is 0 Å². The van der Waals surface area contributed by atoms with E-state index in [4.69, 9.17) is 5.73 Å². The summed E-state index contributed by atoms with van der Waals surface area (Å²) in [6, 6.07) is 6.40. The molecular weight excluding hydrogens is 235 g/mol. The van der Waals surface area contributed by atoms with Gasteiger partial charge in [-0.25, -0.2) is 9.37 Å². The zero-order valence-electron chi connectivity index (χ0n) is 9.90. The fraction of sp³-hybridized carbons (Fsp3) is 0.308. The first kappa shape index (κ1) is 12.2. The van der Waals surface area contributed by atoms with Crippen molar-refractivity contribution < 1.29 is 4.39 Å². The van der Waals surface area contributed by atoms with Crippen LogP contribution in [0, 0.1) is 5.82 Å². The van der Waals surface area contributed by atoms with Crippen molar-refractivity contribution in [1.82, 2.24) is 4.98 Å². The SMILES string of the molecule is CC(C)c1nc(-c2ccc(F)cc2)sc1CN. The van der Waals surface area contributed by atoms with Gasteiger partial charge in [-0.15, -0.1) is 11.3 Å². The van der Waals surface area contributed by atoms with Gasteiger partial charge in [0.1, 0.15) is 10.8 Å². The largest absolute Gasteiger partial charge is 0.326 e. The number of nitrogens with zero attached hydrogens (tertiary/aromatic N) is 1. The normalized spacial score (nSPS) is 11.1. The highest BCUT2D eigenvalue weighted by atomic mass is 32.1. The molecule has 2 aromatic rings. The molecule has 17 heavy (non-hydrogen) atoms. The summed E-state index contributed by atoms with van der Waals surface area (Å²) in [7, 11) is 0. The van der Waals surface area contributed by atoms with E-state index in [1.165, 1.54) is 12.1 Å². The lowest BCUT2D eigenvalue weighted by Crippen LogP contribution is -1.99. The van der Waals surface area contributed by atoms with Gasteiger partial charge < -0.3 is 5.73 Å². The van der Waals surface area contributed by atoms with Crippen LogP contribution in [-0.2, 0) is 6.54 Å². The molecule has 0 aliphatic rings. The fourth-order valence-corrected chi connectivity index (χ4v) is 2.78. The Hall–Kier alpha value is -1.26. The van der Waals surface area contributed by atoms with E-state index < -0.39 is 0 Å². The van der Waals surface area contributed by atoms with Crippen molar-refractivity contribution in [3.8, 4) is 10.6 Å². The summed E-state index contributed by atoms with van der Waals surface area (Å²) in [5, 5.41) is 0.911. The predicted molar refractivity (Wildman–Crippen MR) is 69.5 cm³/mol. The molecule has 0 bridgehead atoms. The van der Waals surface area contributed by atoms with Crippen molar-refractivity contribution in [2.24, 2.45) is 5.73 Å². The van der Waals surface area contributed by atoms with Crippen LogP contribution in [0.25, 0.3) is 10.6 Å². The second kappa shape index (κ2) is 4.94. The predicted octanol–water partition coefficient (Wildman–Crippen LogP) is 3.53. The number of rotatable bonds is 3. The maximum atomic E-state index is 12.8. The van der Waals surface area contributed by atoms with Crippen LogP contribution in [0.5, 0.6) is 0 Å². The van der Waals surface area contributed by atoms with Gasteiger partial charge in [-0.2, -0.15) is 0 Å². The van der Waals surface area contributed by atoms with Gasteiger partial charge in [0.15, 0.2) is 0 Å². The molecule has 0 radical (unpaired) electrons. The Kier molecular flexibility index (Phi) is 3.54.